The Hall–Kier alpha value is -1.33. The van der Waals surface area contributed by atoms with E-state index >= 15 is 0 Å². The van der Waals surface area contributed by atoms with Crippen molar-refractivity contribution in [1.82, 2.24) is 4.57 Å². The largest absolute Gasteiger partial charge is 0.465 e. The second-order valence-electron chi connectivity index (χ2n) is 3.91. The lowest BCUT2D eigenvalue weighted by Crippen LogP contribution is -2.20. The Morgan fingerprint density at radius 1 is 1.47 bits per heavy atom. The van der Waals surface area contributed by atoms with Crippen LogP contribution in [0, 0.1) is 0 Å². The van der Waals surface area contributed by atoms with Gasteiger partial charge in [0.1, 0.15) is 5.56 Å². The van der Waals surface area contributed by atoms with Gasteiger partial charge in [-0.3, -0.25) is 4.79 Å². The number of nitrogens with zero attached hydrogens (tertiary/aromatic N) is 1. The van der Waals surface area contributed by atoms with Gasteiger partial charge in [-0.25, -0.2) is 4.79 Å². The van der Waals surface area contributed by atoms with Gasteiger partial charge in [-0.2, -0.15) is 0 Å². The fourth-order valence-electron chi connectivity index (χ4n) is 1.93. The molecule has 0 unspecified atom stereocenters. The molecule has 0 saturated carbocycles. The highest BCUT2D eigenvalue weighted by molar-refractivity contribution is 9.10. The van der Waals surface area contributed by atoms with Gasteiger partial charge in [0.05, 0.1) is 17.6 Å². The molecule has 0 bridgehead atoms. The number of halogens is 2. The highest BCUT2D eigenvalue weighted by Crippen LogP contribution is 2.30. The molecule has 2 aromatic rings. The number of methoxy groups -OCH3 is 1. The van der Waals surface area contributed by atoms with Gasteiger partial charge in [0.25, 0.3) is 0 Å². The number of pyridine rings is 1. The number of aromatic nitrogens is 1. The van der Waals surface area contributed by atoms with E-state index in [9.17, 15) is 9.59 Å². The topological polar surface area (TPSA) is 48.3 Å². The molecule has 0 aliphatic carbocycles. The molecule has 0 aliphatic heterocycles. The van der Waals surface area contributed by atoms with E-state index in [1.54, 1.807) is 16.7 Å². The molecule has 19 heavy (non-hydrogen) atoms. The average Bonchev–Trinajstić information content (AvgIpc) is 2.42. The maximum Gasteiger partial charge on any atom is 0.343 e. The molecule has 0 saturated heterocycles. The molecule has 100 valence electrons. The molecular weight excluding hydrogens is 334 g/mol. The molecule has 2 rings (SSSR count). The molecule has 1 heterocycles. The average molecular weight is 345 g/mol. The van der Waals surface area contributed by atoms with Crippen molar-refractivity contribution in [2.75, 3.05) is 7.11 Å². The number of rotatable bonds is 2. The summed E-state index contributed by atoms with van der Waals surface area (Å²) in [6.07, 6.45) is 1.48. The fourth-order valence-corrected chi connectivity index (χ4v) is 2.53. The summed E-state index contributed by atoms with van der Waals surface area (Å²) in [5, 5.41) is 0.853. The summed E-state index contributed by atoms with van der Waals surface area (Å²) >= 11 is 9.55. The van der Waals surface area contributed by atoms with Gasteiger partial charge in [-0.05, 0) is 35.0 Å². The van der Waals surface area contributed by atoms with Crippen molar-refractivity contribution >= 4 is 44.4 Å². The Balaban J connectivity index is 2.95. The van der Waals surface area contributed by atoms with Gasteiger partial charge >= 0.3 is 5.97 Å². The highest BCUT2D eigenvalue weighted by atomic mass is 79.9. The number of carbonyl (C=O) groups excluding carboxylic acids is 1. The van der Waals surface area contributed by atoms with E-state index in [1.165, 1.54) is 13.3 Å². The second kappa shape index (κ2) is 5.35. The third kappa shape index (κ3) is 2.28. The molecule has 0 atom stereocenters. The first-order chi connectivity index (χ1) is 9.01. The number of esters is 1. The quantitative estimate of drug-likeness (QED) is 0.786. The van der Waals surface area contributed by atoms with Gasteiger partial charge < -0.3 is 9.30 Å². The number of benzene rings is 1. The summed E-state index contributed by atoms with van der Waals surface area (Å²) in [5.41, 5.74) is 0.243. The maximum atomic E-state index is 12.3. The Morgan fingerprint density at radius 2 is 2.16 bits per heavy atom. The maximum absolute atomic E-state index is 12.3. The van der Waals surface area contributed by atoms with Crippen molar-refractivity contribution in [1.29, 1.82) is 0 Å². The second-order valence-corrected chi connectivity index (χ2v) is 5.14. The first-order valence-electron chi connectivity index (χ1n) is 5.60. The van der Waals surface area contributed by atoms with Crippen molar-refractivity contribution in [3.8, 4) is 0 Å². The van der Waals surface area contributed by atoms with Crippen molar-refractivity contribution in [3.05, 3.63) is 43.6 Å². The zero-order valence-electron chi connectivity index (χ0n) is 10.4. The molecule has 0 fully saturated rings. The molecule has 0 N–H and O–H groups in total. The van der Waals surface area contributed by atoms with Crippen molar-refractivity contribution in [2.24, 2.45) is 0 Å². The van der Waals surface area contributed by atoms with Crippen LogP contribution in [0.2, 0.25) is 5.02 Å². The van der Waals surface area contributed by atoms with Crippen LogP contribution in [0.25, 0.3) is 10.9 Å². The lowest BCUT2D eigenvalue weighted by molar-refractivity contribution is 0.0598. The molecule has 0 amide bonds. The minimum atomic E-state index is -0.645. The molecule has 1 aromatic carbocycles. The van der Waals surface area contributed by atoms with Gasteiger partial charge in [0.15, 0.2) is 0 Å². The van der Waals surface area contributed by atoms with Crippen LogP contribution < -0.4 is 5.43 Å². The van der Waals surface area contributed by atoms with E-state index in [4.69, 9.17) is 11.6 Å². The van der Waals surface area contributed by atoms with Crippen molar-refractivity contribution < 1.29 is 9.53 Å². The summed E-state index contributed by atoms with van der Waals surface area (Å²) in [5.74, 6) is -0.645. The van der Waals surface area contributed by atoms with Crippen molar-refractivity contribution in [2.45, 2.75) is 13.5 Å². The monoisotopic (exact) mass is 343 g/mol. The molecule has 4 nitrogen and oxygen atoms in total. The number of carbonyl (C=O) groups is 1. The van der Waals surface area contributed by atoms with Crippen LogP contribution in [0.5, 0.6) is 0 Å². The van der Waals surface area contributed by atoms with E-state index in [2.05, 4.69) is 20.7 Å². The van der Waals surface area contributed by atoms with E-state index in [1.807, 2.05) is 6.92 Å². The number of aryl methyl sites for hydroxylation is 1. The predicted octanol–water partition coefficient (Wildman–Crippen LogP) is 3.22. The van der Waals surface area contributed by atoms with Gasteiger partial charge in [-0.1, -0.05) is 11.6 Å². The summed E-state index contributed by atoms with van der Waals surface area (Å²) in [4.78, 5) is 23.9. The Bertz CT molecular complexity index is 724. The first kappa shape index (κ1) is 14.1. The minimum absolute atomic E-state index is 0.00948. The van der Waals surface area contributed by atoms with E-state index in [0.29, 0.717) is 26.9 Å². The molecule has 6 heteroatoms. The summed E-state index contributed by atoms with van der Waals surface area (Å²) in [6.45, 7) is 2.49. The van der Waals surface area contributed by atoms with Crippen LogP contribution in [0.4, 0.5) is 0 Å². The first-order valence-corrected chi connectivity index (χ1v) is 6.77. The van der Waals surface area contributed by atoms with E-state index in [0.717, 1.165) is 0 Å². The Kier molecular flexibility index (Phi) is 3.96. The molecule has 1 aromatic heterocycles. The van der Waals surface area contributed by atoms with Gasteiger partial charge in [0, 0.05) is 22.6 Å². The fraction of sp³-hybridized carbons (Fsp3) is 0.231. The lowest BCUT2D eigenvalue weighted by Gasteiger charge is -2.12. The number of ether oxygens (including phenoxy) is 1. The van der Waals surface area contributed by atoms with Gasteiger partial charge in [-0.15, -0.1) is 0 Å². The van der Waals surface area contributed by atoms with E-state index in [-0.39, 0.29) is 11.0 Å². The molecule has 0 radical (unpaired) electrons. The van der Waals surface area contributed by atoms with Crippen LogP contribution in [0.1, 0.15) is 17.3 Å². The zero-order valence-corrected chi connectivity index (χ0v) is 12.7. The minimum Gasteiger partial charge on any atom is -0.465 e. The van der Waals surface area contributed by atoms with E-state index < -0.39 is 5.97 Å². The Labute approximate surface area is 123 Å². The van der Waals surface area contributed by atoms with Crippen LogP contribution in [0.3, 0.4) is 0 Å². The molecule has 0 aliphatic rings. The molecular formula is C13H11BrClNO3. The molecule has 0 spiro atoms. The lowest BCUT2D eigenvalue weighted by atomic mass is 10.1. The standard InChI is InChI=1S/C13H11BrClNO3/c1-3-16-6-8(13(18)19-2)12(17)7-4-5-9(14)10(15)11(7)16/h4-6H,3H2,1-2H3. The number of hydrogen-bond donors (Lipinski definition) is 0. The van der Waals surface area contributed by atoms with Crippen LogP contribution in [-0.2, 0) is 11.3 Å². The number of fused-ring (bicyclic) bond motifs is 1. The Morgan fingerprint density at radius 3 is 2.74 bits per heavy atom. The zero-order chi connectivity index (χ0) is 14.2. The smallest absolute Gasteiger partial charge is 0.343 e. The van der Waals surface area contributed by atoms with Crippen molar-refractivity contribution in [3.63, 3.8) is 0 Å². The predicted molar refractivity (Wildman–Crippen MR) is 77.9 cm³/mol. The van der Waals surface area contributed by atoms with Gasteiger partial charge in [0.2, 0.25) is 5.43 Å². The summed E-state index contributed by atoms with van der Waals surface area (Å²) in [7, 11) is 1.25. The highest BCUT2D eigenvalue weighted by Gasteiger charge is 2.17. The third-order valence-electron chi connectivity index (χ3n) is 2.88. The van der Waals surface area contributed by atoms with Crippen LogP contribution in [-0.4, -0.2) is 17.6 Å². The summed E-state index contributed by atoms with van der Waals surface area (Å²) < 4.78 is 7.09. The third-order valence-corrected chi connectivity index (χ3v) is 4.15. The van der Waals surface area contributed by atoms with Crippen LogP contribution in [0.15, 0.2) is 27.6 Å². The SMILES string of the molecule is CCn1cc(C(=O)OC)c(=O)c2ccc(Br)c(Cl)c21. The normalized spacial score (nSPS) is 10.7. The summed E-state index contributed by atoms with van der Waals surface area (Å²) in [6, 6.07) is 3.33. The van der Waals surface area contributed by atoms with Crippen LogP contribution >= 0.6 is 27.5 Å². The number of hydrogen-bond acceptors (Lipinski definition) is 3.